The molecular formula is C23H26N6O5S. The first kappa shape index (κ1) is 23.4. The van der Waals surface area contributed by atoms with Gasteiger partial charge in [0.2, 0.25) is 10.0 Å². The van der Waals surface area contributed by atoms with Crippen LogP contribution in [0.3, 0.4) is 0 Å². The third-order valence-corrected chi connectivity index (χ3v) is 7.89. The molecule has 0 saturated carbocycles. The van der Waals surface area contributed by atoms with E-state index in [1.54, 1.807) is 47.9 Å². The van der Waals surface area contributed by atoms with E-state index in [9.17, 15) is 13.2 Å². The molecule has 1 saturated heterocycles. The standard InChI is InChI=1S/C23H26N6O5S/c1-3-8-28-20-6-5-18(35(31,32)27-9-11-33-12-10-27)13-19(20)24-22(28)15-34-23(30)17-4-7-21-26-25-16(2)29(21)14-17/h4-7,13-14H,3,8-12,15H2,1-2H3. The van der Waals surface area contributed by atoms with E-state index in [1.165, 1.54) is 4.31 Å². The molecule has 0 amide bonds. The van der Waals surface area contributed by atoms with Crippen LogP contribution < -0.4 is 0 Å². The summed E-state index contributed by atoms with van der Waals surface area (Å²) in [5, 5.41) is 8.01. The van der Waals surface area contributed by atoms with Gasteiger partial charge < -0.3 is 14.0 Å². The lowest BCUT2D eigenvalue weighted by Crippen LogP contribution is -2.40. The fourth-order valence-corrected chi connectivity index (χ4v) is 5.61. The van der Waals surface area contributed by atoms with Crippen molar-refractivity contribution in [1.82, 2.24) is 28.5 Å². The summed E-state index contributed by atoms with van der Waals surface area (Å²) in [6.07, 6.45) is 2.48. The highest BCUT2D eigenvalue weighted by Gasteiger charge is 2.27. The van der Waals surface area contributed by atoms with Crippen molar-refractivity contribution in [2.45, 2.75) is 38.3 Å². The van der Waals surface area contributed by atoms with Gasteiger partial charge in [-0.3, -0.25) is 4.40 Å². The van der Waals surface area contributed by atoms with Crippen molar-refractivity contribution < 1.29 is 22.7 Å². The molecule has 1 aliphatic heterocycles. The second kappa shape index (κ2) is 9.36. The number of carbonyl (C=O) groups excluding carboxylic acids is 1. The van der Waals surface area contributed by atoms with E-state index in [0.717, 1.165) is 11.9 Å². The zero-order valence-electron chi connectivity index (χ0n) is 19.5. The predicted octanol–water partition coefficient (Wildman–Crippen LogP) is 2.18. The second-order valence-electron chi connectivity index (χ2n) is 8.32. The molecule has 1 aromatic carbocycles. The van der Waals surface area contributed by atoms with Gasteiger partial charge in [-0.2, -0.15) is 4.31 Å². The molecule has 35 heavy (non-hydrogen) atoms. The van der Waals surface area contributed by atoms with Crippen molar-refractivity contribution >= 4 is 32.7 Å². The number of aromatic nitrogens is 5. The Kier molecular flexibility index (Phi) is 6.26. The number of hydrogen-bond donors (Lipinski definition) is 0. The number of fused-ring (bicyclic) bond motifs is 2. The van der Waals surface area contributed by atoms with Crippen molar-refractivity contribution in [1.29, 1.82) is 0 Å². The van der Waals surface area contributed by atoms with Crippen molar-refractivity contribution in [3.05, 3.63) is 53.7 Å². The van der Waals surface area contributed by atoms with Crippen LogP contribution in [-0.2, 0) is 32.6 Å². The van der Waals surface area contributed by atoms with Gasteiger partial charge in [0.1, 0.15) is 18.3 Å². The molecular weight excluding hydrogens is 472 g/mol. The Labute approximate surface area is 202 Å². The van der Waals surface area contributed by atoms with E-state index < -0.39 is 16.0 Å². The molecule has 5 rings (SSSR count). The zero-order valence-corrected chi connectivity index (χ0v) is 20.4. The molecule has 0 N–H and O–H groups in total. The Morgan fingerprint density at radius 1 is 1.14 bits per heavy atom. The number of aryl methyl sites for hydroxylation is 2. The molecule has 1 fully saturated rings. The summed E-state index contributed by atoms with van der Waals surface area (Å²) in [5.74, 6) is 0.727. The van der Waals surface area contributed by atoms with Crippen LogP contribution in [0.4, 0.5) is 0 Å². The van der Waals surface area contributed by atoms with Crippen LogP contribution in [0.15, 0.2) is 41.4 Å². The Morgan fingerprint density at radius 3 is 2.71 bits per heavy atom. The number of esters is 1. The smallest absolute Gasteiger partial charge is 0.340 e. The average Bonchev–Trinajstić information content (AvgIpc) is 3.42. The van der Waals surface area contributed by atoms with Gasteiger partial charge in [0.05, 0.1) is 34.7 Å². The maximum Gasteiger partial charge on any atom is 0.340 e. The minimum Gasteiger partial charge on any atom is -0.454 e. The summed E-state index contributed by atoms with van der Waals surface area (Å²) in [6, 6.07) is 8.30. The summed E-state index contributed by atoms with van der Waals surface area (Å²) >= 11 is 0. The minimum absolute atomic E-state index is 0.0434. The molecule has 4 aromatic rings. The lowest BCUT2D eigenvalue weighted by Gasteiger charge is -2.26. The van der Waals surface area contributed by atoms with Gasteiger partial charge in [-0.25, -0.2) is 18.2 Å². The van der Waals surface area contributed by atoms with Crippen LogP contribution in [0, 0.1) is 6.92 Å². The highest BCUT2D eigenvalue weighted by atomic mass is 32.2. The van der Waals surface area contributed by atoms with E-state index in [1.807, 2.05) is 11.5 Å². The fraction of sp³-hybridized carbons (Fsp3) is 0.391. The second-order valence-corrected chi connectivity index (χ2v) is 10.3. The Morgan fingerprint density at radius 2 is 1.94 bits per heavy atom. The highest BCUT2D eigenvalue weighted by Crippen LogP contribution is 2.24. The molecule has 0 atom stereocenters. The number of sulfonamides is 1. The maximum atomic E-state index is 13.1. The fourth-order valence-electron chi connectivity index (χ4n) is 4.18. The third kappa shape index (κ3) is 4.40. The number of morpholine rings is 1. The first-order chi connectivity index (χ1) is 16.9. The van der Waals surface area contributed by atoms with Crippen LogP contribution >= 0.6 is 0 Å². The molecule has 1 aliphatic rings. The van der Waals surface area contributed by atoms with E-state index in [-0.39, 0.29) is 11.5 Å². The first-order valence-electron chi connectivity index (χ1n) is 11.4. The van der Waals surface area contributed by atoms with Crippen LogP contribution in [0.2, 0.25) is 0 Å². The van der Waals surface area contributed by atoms with Crippen LogP contribution in [-0.4, -0.2) is 69.1 Å². The quantitative estimate of drug-likeness (QED) is 0.356. The maximum absolute atomic E-state index is 13.1. The Hall–Kier alpha value is -3.35. The van der Waals surface area contributed by atoms with Crippen LogP contribution in [0.5, 0.6) is 0 Å². The minimum atomic E-state index is -3.64. The van der Waals surface area contributed by atoms with E-state index in [4.69, 9.17) is 9.47 Å². The number of nitrogens with zero attached hydrogens (tertiary/aromatic N) is 6. The number of carbonyl (C=O) groups is 1. The molecule has 0 bridgehead atoms. The summed E-state index contributed by atoms with van der Waals surface area (Å²) in [7, 11) is -3.64. The van der Waals surface area contributed by atoms with Gasteiger partial charge in [-0.05, 0) is 43.7 Å². The molecule has 0 radical (unpaired) electrons. The van der Waals surface area contributed by atoms with Gasteiger partial charge in [0, 0.05) is 25.8 Å². The van der Waals surface area contributed by atoms with Gasteiger partial charge >= 0.3 is 5.97 Å². The van der Waals surface area contributed by atoms with Gasteiger partial charge in [0.15, 0.2) is 5.65 Å². The average molecular weight is 499 g/mol. The SMILES string of the molecule is CCCn1c(COC(=O)c2ccc3nnc(C)n3c2)nc2cc(S(=O)(=O)N3CCOCC3)ccc21. The molecule has 11 nitrogen and oxygen atoms in total. The molecule has 0 unspecified atom stereocenters. The number of imidazole rings is 1. The molecule has 184 valence electrons. The number of benzene rings is 1. The van der Waals surface area contributed by atoms with Crippen LogP contribution in [0.1, 0.15) is 35.4 Å². The summed E-state index contributed by atoms with van der Waals surface area (Å²) in [5.41, 5.74) is 2.35. The van der Waals surface area contributed by atoms with E-state index >= 15 is 0 Å². The lowest BCUT2D eigenvalue weighted by molar-refractivity contribution is 0.0458. The monoisotopic (exact) mass is 498 g/mol. The predicted molar refractivity (Wildman–Crippen MR) is 126 cm³/mol. The largest absolute Gasteiger partial charge is 0.454 e. The summed E-state index contributed by atoms with van der Waals surface area (Å²) in [6.45, 7) is 5.87. The lowest BCUT2D eigenvalue weighted by atomic mass is 10.3. The van der Waals surface area contributed by atoms with Crippen molar-refractivity contribution in [3.8, 4) is 0 Å². The van der Waals surface area contributed by atoms with Gasteiger partial charge in [-0.1, -0.05) is 6.92 Å². The molecule has 0 spiro atoms. The van der Waals surface area contributed by atoms with E-state index in [2.05, 4.69) is 15.2 Å². The first-order valence-corrected chi connectivity index (χ1v) is 12.9. The highest BCUT2D eigenvalue weighted by molar-refractivity contribution is 7.89. The van der Waals surface area contributed by atoms with Crippen molar-refractivity contribution in [2.24, 2.45) is 0 Å². The number of pyridine rings is 1. The van der Waals surface area contributed by atoms with Gasteiger partial charge in [0.25, 0.3) is 0 Å². The number of ether oxygens (including phenoxy) is 2. The molecule has 3 aromatic heterocycles. The van der Waals surface area contributed by atoms with E-state index in [0.29, 0.717) is 61.2 Å². The van der Waals surface area contributed by atoms with Gasteiger partial charge in [-0.15, -0.1) is 10.2 Å². The molecule has 0 aliphatic carbocycles. The molecule has 4 heterocycles. The Balaban J connectivity index is 1.41. The zero-order chi connectivity index (χ0) is 24.6. The summed E-state index contributed by atoms with van der Waals surface area (Å²) < 4.78 is 42.1. The Bertz CT molecular complexity index is 1500. The number of rotatable bonds is 7. The third-order valence-electron chi connectivity index (χ3n) is 5.99. The summed E-state index contributed by atoms with van der Waals surface area (Å²) in [4.78, 5) is 17.5. The van der Waals surface area contributed by atoms with Crippen molar-refractivity contribution in [3.63, 3.8) is 0 Å². The molecule has 12 heteroatoms. The topological polar surface area (TPSA) is 121 Å². The van der Waals surface area contributed by atoms with Crippen LogP contribution in [0.25, 0.3) is 16.7 Å². The van der Waals surface area contributed by atoms with Crippen molar-refractivity contribution in [2.75, 3.05) is 26.3 Å². The normalized spacial score (nSPS) is 15.1. The number of hydrogen-bond acceptors (Lipinski definition) is 8.